The summed E-state index contributed by atoms with van der Waals surface area (Å²) in [5.74, 6) is -7.78. The fourth-order valence-corrected chi connectivity index (χ4v) is 11.0. The van der Waals surface area contributed by atoms with Crippen molar-refractivity contribution < 1.29 is 53.1 Å². The van der Waals surface area contributed by atoms with Gasteiger partial charge in [-0.3, -0.25) is 14.4 Å². The Kier molecular flexibility index (Phi) is 4.39. The number of esters is 2. The van der Waals surface area contributed by atoms with E-state index in [4.69, 9.17) is 23.7 Å². The summed E-state index contributed by atoms with van der Waals surface area (Å²) >= 11 is 0. The van der Waals surface area contributed by atoms with E-state index in [-0.39, 0.29) is 44.5 Å². The highest BCUT2D eigenvalue weighted by Crippen LogP contribution is 2.75. The van der Waals surface area contributed by atoms with Crippen LogP contribution in [0.15, 0.2) is 12.2 Å². The molecule has 5 heterocycles. The van der Waals surface area contributed by atoms with Crippen molar-refractivity contribution in [3.8, 4) is 0 Å². The standard InChI is InChI=1S/C29H34O11/c1-23-11-18-25(3)29-19(23)20(32)28(40-29,37-12-15(23)21(33)38-18)14-10-17(31)27(36-4)8-5-6-16(30)24(27,2)13(14)7-9-26(29,35)22(34)39-25/h5-6,13-15,17-19,31,35H,7-12H2,1-4H3/t13-,14-,15-,17+,18-,19+,23+,24-,25-,26?,27+,28?,29?/m0/s1. The van der Waals surface area contributed by atoms with Crippen molar-refractivity contribution in [3.05, 3.63) is 12.2 Å². The SMILES string of the molecule is CO[C@@]12CC=CC(=O)[C@]1(C)[C@H]1CCC3(O)C(=O)O[C@@]4(C)[C@@H]5C[C@]6(C)[C@@H](COC7(OC34[C@@H]6C7=O)[C@H]1C[C@H]2O)C(=O)O5. The molecule has 3 aliphatic carbocycles. The van der Waals surface area contributed by atoms with Gasteiger partial charge >= 0.3 is 11.9 Å². The molecule has 5 bridgehead atoms. The van der Waals surface area contributed by atoms with E-state index < -0.39 is 92.6 Å². The number of Topliss-reactive ketones (excluding diaryl/α,β-unsaturated/α-hetero) is 1. The largest absolute Gasteiger partial charge is 0.458 e. The zero-order chi connectivity index (χ0) is 28.5. The van der Waals surface area contributed by atoms with E-state index in [1.807, 2.05) is 6.92 Å². The topological polar surface area (TPSA) is 155 Å². The third-order valence-electron chi connectivity index (χ3n) is 13.0. The molecule has 0 aromatic carbocycles. The lowest BCUT2D eigenvalue weighted by molar-refractivity contribution is -0.382. The molecule has 11 heteroatoms. The van der Waals surface area contributed by atoms with Crippen LogP contribution in [0, 0.1) is 34.5 Å². The number of rotatable bonds is 1. The number of hydrogen-bond donors (Lipinski definition) is 2. The van der Waals surface area contributed by atoms with Crippen molar-refractivity contribution in [2.75, 3.05) is 13.7 Å². The molecule has 7 fully saturated rings. The maximum absolute atomic E-state index is 15.0. The van der Waals surface area contributed by atoms with Crippen LogP contribution in [0.2, 0.25) is 0 Å². The number of fused-ring (bicyclic) bond motifs is 5. The van der Waals surface area contributed by atoms with Gasteiger partial charge in [0.15, 0.2) is 28.4 Å². The minimum atomic E-state index is -2.28. The fraction of sp³-hybridized carbons (Fsp3) is 0.793. The van der Waals surface area contributed by atoms with E-state index in [1.165, 1.54) is 13.2 Å². The Morgan fingerprint density at radius 3 is 2.58 bits per heavy atom. The van der Waals surface area contributed by atoms with Crippen LogP contribution < -0.4 is 0 Å². The molecule has 2 saturated carbocycles. The number of allylic oxidation sites excluding steroid dienone is 1. The van der Waals surface area contributed by atoms with Gasteiger partial charge in [0, 0.05) is 13.0 Å². The Balaban J connectivity index is 1.43. The molecule has 13 atom stereocenters. The first-order chi connectivity index (χ1) is 18.7. The van der Waals surface area contributed by atoms with Crippen molar-refractivity contribution in [2.45, 2.75) is 93.3 Å². The Bertz CT molecular complexity index is 1340. The van der Waals surface area contributed by atoms with E-state index in [2.05, 4.69) is 0 Å². The normalized spacial score (nSPS) is 60.8. The van der Waals surface area contributed by atoms with Gasteiger partial charge in [-0.25, -0.2) is 4.79 Å². The van der Waals surface area contributed by atoms with Crippen LogP contribution in [0.3, 0.4) is 0 Å². The third kappa shape index (κ3) is 2.13. The van der Waals surface area contributed by atoms with Gasteiger partial charge in [0.25, 0.3) is 0 Å². The van der Waals surface area contributed by atoms with Gasteiger partial charge in [0.2, 0.25) is 5.79 Å². The molecule has 40 heavy (non-hydrogen) atoms. The van der Waals surface area contributed by atoms with Crippen LogP contribution in [-0.2, 0) is 42.9 Å². The molecule has 2 N–H and O–H groups in total. The Morgan fingerprint density at radius 1 is 1.10 bits per heavy atom. The monoisotopic (exact) mass is 558 g/mol. The highest BCUT2D eigenvalue weighted by Gasteiger charge is 2.93. The molecule has 0 radical (unpaired) electrons. The van der Waals surface area contributed by atoms with Gasteiger partial charge in [0.05, 0.1) is 30.0 Å². The number of carbonyl (C=O) groups excluding carboxylic acids is 4. The molecule has 0 aromatic heterocycles. The molecule has 3 unspecified atom stereocenters. The number of carbonyl (C=O) groups is 4. The molecule has 8 rings (SSSR count). The zero-order valence-electron chi connectivity index (χ0n) is 22.9. The zero-order valence-corrected chi connectivity index (χ0v) is 22.9. The summed E-state index contributed by atoms with van der Waals surface area (Å²) < 4.78 is 31.1. The minimum Gasteiger partial charge on any atom is -0.458 e. The first-order valence-corrected chi connectivity index (χ1v) is 14.2. The molecule has 11 nitrogen and oxygen atoms in total. The Hall–Kier alpha value is -2.18. The lowest BCUT2D eigenvalue weighted by Crippen LogP contribution is -2.79. The summed E-state index contributed by atoms with van der Waals surface area (Å²) in [7, 11) is 1.46. The second-order valence-corrected chi connectivity index (χ2v) is 13.9. The van der Waals surface area contributed by atoms with Crippen molar-refractivity contribution in [3.63, 3.8) is 0 Å². The van der Waals surface area contributed by atoms with Crippen LogP contribution in [-0.4, -0.2) is 87.8 Å². The molecule has 8 aliphatic rings. The van der Waals surface area contributed by atoms with E-state index in [0.29, 0.717) is 0 Å². The van der Waals surface area contributed by atoms with Gasteiger partial charge in [-0.05, 0) is 63.4 Å². The van der Waals surface area contributed by atoms with Crippen LogP contribution >= 0.6 is 0 Å². The summed E-state index contributed by atoms with van der Waals surface area (Å²) in [6.07, 6.45) is 1.55. The van der Waals surface area contributed by atoms with Gasteiger partial charge in [-0.15, -0.1) is 0 Å². The molecule has 5 aliphatic heterocycles. The second kappa shape index (κ2) is 6.89. The van der Waals surface area contributed by atoms with Crippen LogP contribution in [0.25, 0.3) is 0 Å². The van der Waals surface area contributed by atoms with E-state index in [0.717, 1.165) is 0 Å². The first-order valence-electron chi connectivity index (χ1n) is 14.2. The number of ketones is 2. The molecular weight excluding hydrogens is 524 g/mol. The van der Waals surface area contributed by atoms with Crippen molar-refractivity contribution in [2.24, 2.45) is 34.5 Å². The third-order valence-corrected chi connectivity index (χ3v) is 13.0. The summed E-state index contributed by atoms with van der Waals surface area (Å²) in [5, 5.41) is 24.2. The van der Waals surface area contributed by atoms with Crippen LogP contribution in [0.1, 0.15) is 52.9 Å². The van der Waals surface area contributed by atoms with Crippen LogP contribution in [0.5, 0.6) is 0 Å². The Morgan fingerprint density at radius 2 is 1.85 bits per heavy atom. The van der Waals surface area contributed by atoms with E-state index >= 15 is 0 Å². The Labute approximate surface area is 230 Å². The molecule has 216 valence electrons. The van der Waals surface area contributed by atoms with Gasteiger partial charge in [0.1, 0.15) is 11.7 Å². The summed E-state index contributed by atoms with van der Waals surface area (Å²) in [5.41, 5.74) is -9.52. The number of aliphatic hydroxyl groups excluding tert-OH is 1. The summed E-state index contributed by atoms with van der Waals surface area (Å²) in [6, 6.07) is 0. The smallest absolute Gasteiger partial charge is 0.342 e. The highest BCUT2D eigenvalue weighted by molar-refractivity contribution is 6.00. The quantitative estimate of drug-likeness (QED) is 0.429. The maximum atomic E-state index is 15.0. The predicted molar refractivity (Wildman–Crippen MR) is 130 cm³/mol. The van der Waals surface area contributed by atoms with Gasteiger partial charge < -0.3 is 33.9 Å². The van der Waals surface area contributed by atoms with Crippen molar-refractivity contribution in [1.29, 1.82) is 0 Å². The molecule has 2 spiro atoms. The minimum absolute atomic E-state index is 0.0168. The number of hydrogen-bond acceptors (Lipinski definition) is 11. The lowest BCUT2D eigenvalue weighted by Gasteiger charge is -2.64. The first kappa shape index (κ1) is 25.5. The second-order valence-electron chi connectivity index (χ2n) is 13.9. The van der Waals surface area contributed by atoms with Crippen molar-refractivity contribution >= 4 is 23.5 Å². The van der Waals surface area contributed by atoms with Crippen LogP contribution in [0.4, 0.5) is 0 Å². The van der Waals surface area contributed by atoms with Crippen molar-refractivity contribution in [1.82, 2.24) is 0 Å². The summed E-state index contributed by atoms with van der Waals surface area (Å²) in [4.78, 5) is 56.0. The predicted octanol–water partition coefficient (Wildman–Crippen LogP) is 0.377. The highest BCUT2D eigenvalue weighted by atomic mass is 16.8. The summed E-state index contributed by atoms with van der Waals surface area (Å²) in [6.45, 7) is 4.93. The molecule has 0 aromatic rings. The van der Waals surface area contributed by atoms with E-state index in [9.17, 15) is 29.4 Å². The van der Waals surface area contributed by atoms with E-state index in [1.54, 1.807) is 19.9 Å². The average Bonchev–Trinajstić information content (AvgIpc) is 3.22. The molecular formula is C29H34O11. The fourth-order valence-electron chi connectivity index (χ4n) is 11.0. The lowest BCUT2D eigenvalue weighted by atomic mass is 9.46. The number of methoxy groups -OCH3 is 1. The average molecular weight is 559 g/mol. The van der Waals surface area contributed by atoms with Gasteiger partial charge in [-0.1, -0.05) is 13.0 Å². The molecule has 5 saturated heterocycles. The number of aliphatic hydroxyl groups is 2. The maximum Gasteiger partial charge on any atom is 0.342 e. The molecule has 0 amide bonds. The number of ether oxygens (including phenoxy) is 5. The van der Waals surface area contributed by atoms with Gasteiger partial charge in [-0.2, -0.15) is 0 Å².